The van der Waals surface area contributed by atoms with Crippen LogP contribution in [-0.2, 0) is 6.54 Å². The van der Waals surface area contributed by atoms with Crippen LogP contribution in [0.25, 0.3) is 0 Å². The van der Waals surface area contributed by atoms with E-state index in [0.29, 0.717) is 21.5 Å². The summed E-state index contributed by atoms with van der Waals surface area (Å²) in [4.78, 5) is 18.1. The number of hydrogen-bond acceptors (Lipinski definition) is 2. The summed E-state index contributed by atoms with van der Waals surface area (Å²) in [6.45, 7) is 2.38. The van der Waals surface area contributed by atoms with Gasteiger partial charge >= 0.3 is 0 Å². The van der Waals surface area contributed by atoms with Crippen LogP contribution in [-0.4, -0.2) is 33.4 Å². The molecule has 1 aromatic carbocycles. The Kier molecular flexibility index (Phi) is 3.68. The predicted octanol–water partition coefficient (Wildman–Crippen LogP) is 2.96. The first-order chi connectivity index (χ1) is 9.63. The average Bonchev–Trinajstić information content (AvgIpc) is 2.85. The third-order valence-corrected chi connectivity index (χ3v) is 3.98. The smallest absolute Gasteiger partial charge is 0.255 e. The molecule has 0 N–H and O–H groups in total. The van der Waals surface area contributed by atoms with Gasteiger partial charge in [-0.1, -0.05) is 23.2 Å². The molecule has 3 rings (SSSR count). The second kappa shape index (κ2) is 5.46. The zero-order valence-corrected chi connectivity index (χ0v) is 12.2. The predicted molar refractivity (Wildman–Crippen MR) is 78.1 cm³/mol. The maximum absolute atomic E-state index is 12.3. The number of halogens is 2. The van der Waals surface area contributed by atoms with Gasteiger partial charge < -0.3 is 9.47 Å². The van der Waals surface area contributed by atoms with Gasteiger partial charge in [-0.05, 0) is 18.2 Å². The topological polar surface area (TPSA) is 38.1 Å². The number of carbonyl (C=O) groups is 1. The number of hydrogen-bond donors (Lipinski definition) is 0. The largest absolute Gasteiger partial charge is 0.338 e. The number of benzene rings is 1. The minimum absolute atomic E-state index is 0.0338. The highest BCUT2D eigenvalue weighted by molar-refractivity contribution is 6.36. The van der Waals surface area contributed by atoms with Gasteiger partial charge in [-0.2, -0.15) is 0 Å². The van der Waals surface area contributed by atoms with Crippen molar-refractivity contribution in [3.8, 4) is 0 Å². The number of rotatable bonds is 3. The molecule has 2 heterocycles. The van der Waals surface area contributed by atoms with Crippen LogP contribution < -0.4 is 0 Å². The van der Waals surface area contributed by atoms with Crippen LogP contribution in [0.5, 0.6) is 0 Å². The highest BCUT2D eigenvalue weighted by Gasteiger charge is 2.32. The molecule has 0 atom stereocenters. The quantitative estimate of drug-likeness (QED) is 0.874. The van der Waals surface area contributed by atoms with Crippen LogP contribution in [0.3, 0.4) is 0 Å². The molecule has 1 aromatic heterocycles. The monoisotopic (exact) mass is 309 g/mol. The van der Waals surface area contributed by atoms with E-state index in [9.17, 15) is 4.79 Å². The van der Waals surface area contributed by atoms with Crippen molar-refractivity contribution >= 4 is 29.1 Å². The molecule has 6 heteroatoms. The van der Waals surface area contributed by atoms with Crippen molar-refractivity contribution in [2.45, 2.75) is 6.54 Å². The molecule has 0 radical (unpaired) electrons. The molecule has 0 spiro atoms. The fraction of sp³-hybridized carbons (Fsp3) is 0.286. The van der Waals surface area contributed by atoms with E-state index in [2.05, 4.69) is 4.98 Å². The molecule has 20 heavy (non-hydrogen) atoms. The van der Waals surface area contributed by atoms with E-state index in [-0.39, 0.29) is 5.91 Å². The lowest BCUT2D eigenvalue weighted by Gasteiger charge is -2.39. The minimum atomic E-state index is -0.0338. The van der Waals surface area contributed by atoms with E-state index < -0.39 is 0 Å². The van der Waals surface area contributed by atoms with Gasteiger partial charge in [0.1, 0.15) is 0 Å². The molecule has 1 aliphatic rings. The molecule has 0 unspecified atom stereocenters. The Balaban J connectivity index is 1.60. The second-order valence-corrected chi connectivity index (χ2v) is 5.80. The number of amides is 1. The van der Waals surface area contributed by atoms with Crippen LogP contribution in [0, 0.1) is 5.92 Å². The average molecular weight is 310 g/mol. The van der Waals surface area contributed by atoms with Gasteiger partial charge in [0.25, 0.3) is 5.91 Å². The Hall–Kier alpha value is -1.52. The fourth-order valence-corrected chi connectivity index (χ4v) is 2.87. The third kappa shape index (κ3) is 2.67. The van der Waals surface area contributed by atoms with Crippen molar-refractivity contribution in [2.75, 3.05) is 13.1 Å². The molecular weight excluding hydrogens is 297 g/mol. The molecule has 2 aromatic rings. The van der Waals surface area contributed by atoms with Gasteiger partial charge in [-0.25, -0.2) is 4.98 Å². The van der Waals surface area contributed by atoms with E-state index >= 15 is 0 Å². The molecule has 0 bridgehead atoms. The molecule has 1 fully saturated rings. The Bertz CT molecular complexity index is 621. The first-order valence-corrected chi connectivity index (χ1v) is 7.09. The van der Waals surface area contributed by atoms with Crippen LogP contribution in [0.4, 0.5) is 0 Å². The molecule has 4 nitrogen and oxygen atoms in total. The summed E-state index contributed by atoms with van der Waals surface area (Å²) in [6.07, 6.45) is 5.48. The zero-order chi connectivity index (χ0) is 14.1. The highest BCUT2D eigenvalue weighted by atomic mass is 35.5. The lowest BCUT2D eigenvalue weighted by atomic mass is 9.98. The van der Waals surface area contributed by atoms with E-state index in [0.717, 1.165) is 19.6 Å². The van der Waals surface area contributed by atoms with Crippen molar-refractivity contribution in [3.63, 3.8) is 0 Å². The Labute approximate surface area is 126 Å². The lowest BCUT2D eigenvalue weighted by molar-refractivity contribution is 0.0469. The van der Waals surface area contributed by atoms with Crippen molar-refractivity contribution in [2.24, 2.45) is 5.92 Å². The van der Waals surface area contributed by atoms with Crippen LogP contribution in [0.2, 0.25) is 10.0 Å². The number of likely N-dealkylation sites (tertiary alicyclic amines) is 1. The van der Waals surface area contributed by atoms with Gasteiger partial charge in [0, 0.05) is 43.0 Å². The maximum atomic E-state index is 12.3. The molecule has 1 aliphatic heterocycles. The molecule has 1 amide bonds. The maximum Gasteiger partial charge on any atom is 0.255 e. The number of nitrogens with zero attached hydrogens (tertiary/aromatic N) is 3. The summed E-state index contributed by atoms with van der Waals surface area (Å²) in [5.74, 6) is 0.438. The van der Waals surface area contributed by atoms with Crippen molar-refractivity contribution in [1.82, 2.24) is 14.5 Å². The number of aromatic nitrogens is 2. The molecule has 0 aliphatic carbocycles. The summed E-state index contributed by atoms with van der Waals surface area (Å²) in [5, 5.41) is 0.939. The summed E-state index contributed by atoms with van der Waals surface area (Å²) in [7, 11) is 0. The van der Waals surface area contributed by atoms with E-state index in [1.807, 2.05) is 10.8 Å². The van der Waals surface area contributed by atoms with Crippen LogP contribution >= 0.6 is 23.2 Å². The SMILES string of the molecule is O=C(c1ccc(Cl)cc1Cl)N1CC(Cn2ccnc2)C1. The first-order valence-electron chi connectivity index (χ1n) is 6.33. The zero-order valence-electron chi connectivity index (χ0n) is 10.7. The first kappa shape index (κ1) is 13.5. The Morgan fingerprint density at radius 2 is 2.15 bits per heavy atom. The van der Waals surface area contributed by atoms with E-state index in [4.69, 9.17) is 23.2 Å². The normalized spacial score (nSPS) is 15.2. The third-order valence-electron chi connectivity index (χ3n) is 3.43. The molecule has 0 saturated carbocycles. The van der Waals surface area contributed by atoms with Crippen molar-refractivity contribution < 1.29 is 4.79 Å². The van der Waals surface area contributed by atoms with Crippen molar-refractivity contribution in [3.05, 3.63) is 52.5 Å². The van der Waals surface area contributed by atoms with Gasteiger partial charge in [0.05, 0.1) is 16.9 Å². The van der Waals surface area contributed by atoms with Gasteiger partial charge in [-0.15, -0.1) is 0 Å². The van der Waals surface area contributed by atoms with E-state index in [1.165, 1.54) is 0 Å². The molecular formula is C14H13Cl2N3O. The summed E-state index contributed by atoms with van der Waals surface area (Å²) in [6, 6.07) is 4.96. The van der Waals surface area contributed by atoms with Crippen molar-refractivity contribution in [1.29, 1.82) is 0 Å². The number of carbonyl (C=O) groups excluding carboxylic acids is 1. The van der Waals surface area contributed by atoms with Gasteiger partial charge in [0.2, 0.25) is 0 Å². The van der Waals surface area contributed by atoms with Gasteiger partial charge in [-0.3, -0.25) is 4.79 Å². The van der Waals surface area contributed by atoms with E-state index in [1.54, 1.807) is 35.6 Å². The molecule has 1 saturated heterocycles. The number of imidazole rings is 1. The molecule has 104 valence electrons. The second-order valence-electron chi connectivity index (χ2n) is 4.96. The van der Waals surface area contributed by atoms with Crippen LogP contribution in [0.1, 0.15) is 10.4 Å². The standard InChI is InChI=1S/C14H13Cl2N3O/c15-11-1-2-12(13(16)5-11)14(20)19-7-10(8-19)6-18-4-3-17-9-18/h1-5,9-10H,6-8H2. The Morgan fingerprint density at radius 3 is 2.80 bits per heavy atom. The summed E-state index contributed by atoms with van der Waals surface area (Å²) in [5.41, 5.74) is 0.511. The van der Waals surface area contributed by atoms with Gasteiger partial charge in [0.15, 0.2) is 0 Å². The minimum Gasteiger partial charge on any atom is -0.338 e. The summed E-state index contributed by atoms with van der Waals surface area (Å²) < 4.78 is 2.03. The highest BCUT2D eigenvalue weighted by Crippen LogP contribution is 2.26. The lowest BCUT2D eigenvalue weighted by Crippen LogP contribution is -2.51. The summed E-state index contributed by atoms with van der Waals surface area (Å²) >= 11 is 11.9. The fourth-order valence-electron chi connectivity index (χ4n) is 2.38. The Morgan fingerprint density at radius 1 is 1.35 bits per heavy atom. The van der Waals surface area contributed by atoms with Crippen LogP contribution in [0.15, 0.2) is 36.9 Å².